The molecule has 0 bridgehead atoms. The van der Waals surface area contributed by atoms with Crippen LogP contribution in [0.1, 0.15) is 67.7 Å². The van der Waals surface area contributed by atoms with E-state index in [1.54, 1.807) is 0 Å². The van der Waals surface area contributed by atoms with Gasteiger partial charge in [-0.3, -0.25) is 0 Å². The largest absolute Gasteiger partial charge is 0.476 e. The highest BCUT2D eigenvalue weighted by molar-refractivity contribution is 5.86. The summed E-state index contributed by atoms with van der Waals surface area (Å²) in [4.78, 5) is 10.9. The molecule has 1 aliphatic carbocycles. The number of aromatic nitrogens is 3. The van der Waals surface area contributed by atoms with E-state index in [0.717, 1.165) is 36.8 Å². The van der Waals surface area contributed by atoms with Crippen molar-refractivity contribution in [1.82, 2.24) is 15.0 Å². The van der Waals surface area contributed by atoms with Crippen molar-refractivity contribution >= 4 is 5.97 Å². The molecular weight excluding hydrogens is 256 g/mol. The van der Waals surface area contributed by atoms with E-state index >= 15 is 0 Å². The van der Waals surface area contributed by atoms with E-state index in [4.69, 9.17) is 5.11 Å². The molecule has 2 unspecified atom stereocenters. The standard InChI is InChI=1S/C12H17F2N3O2/c1-2-7-5-3-4-6-8(7)17-10(11(13)14)9(12(18)19)15-16-17/h7-8,11H,2-6H2,1H3,(H,18,19). The van der Waals surface area contributed by atoms with Gasteiger partial charge < -0.3 is 5.11 Å². The van der Waals surface area contributed by atoms with Gasteiger partial charge in [-0.15, -0.1) is 5.10 Å². The normalized spacial score (nSPS) is 23.8. The van der Waals surface area contributed by atoms with Gasteiger partial charge in [0.25, 0.3) is 6.43 Å². The SMILES string of the molecule is CCC1CCCCC1n1nnc(C(=O)O)c1C(F)F. The first-order valence-corrected chi connectivity index (χ1v) is 6.52. The van der Waals surface area contributed by atoms with Gasteiger partial charge in [0.05, 0.1) is 6.04 Å². The van der Waals surface area contributed by atoms with Gasteiger partial charge >= 0.3 is 5.97 Å². The molecule has 0 amide bonds. The van der Waals surface area contributed by atoms with Crippen LogP contribution in [-0.2, 0) is 0 Å². The summed E-state index contributed by atoms with van der Waals surface area (Å²) < 4.78 is 27.4. The first-order chi connectivity index (χ1) is 9.06. The predicted octanol–water partition coefficient (Wildman–Crippen LogP) is 3.06. The fraction of sp³-hybridized carbons (Fsp3) is 0.750. The maximum absolute atomic E-state index is 13.1. The van der Waals surface area contributed by atoms with Crippen LogP contribution in [-0.4, -0.2) is 26.1 Å². The Morgan fingerprint density at radius 2 is 2.16 bits per heavy atom. The number of halogens is 2. The zero-order chi connectivity index (χ0) is 14.0. The minimum atomic E-state index is -2.87. The number of hydrogen-bond acceptors (Lipinski definition) is 3. The van der Waals surface area contributed by atoms with Crippen molar-refractivity contribution in [3.63, 3.8) is 0 Å². The molecule has 1 aromatic rings. The number of nitrogens with zero attached hydrogens (tertiary/aromatic N) is 3. The molecule has 19 heavy (non-hydrogen) atoms. The van der Waals surface area contributed by atoms with Crippen molar-refractivity contribution in [3.05, 3.63) is 11.4 Å². The van der Waals surface area contributed by atoms with Gasteiger partial charge in [0, 0.05) is 0 Å². The molecule has 1 fully saturated rings. The van der Waals surface area contributed by atoms with Gasteiger partial charge in [0.1, 0.15) is 5.69 Å². The van der Waals surface area contributed by atoms with E-state index in [1.165, 1.54) is 0 Å². The highest BCUT2D eigenvalue weighted by Gasteiger charge is 2.33. The van der Waals surface area contributed by atoms with Crippen LogP contribution in [0, 0.1) is 5.92 Å². The molecule has 1 heterocycles. The lowest BCUT2D eigenvalue weighted by Gasteiger charge is -2.31. The Bertz CT molecular complexity index is 462. The summed E-state index contributed by atoms with van der Waals surface area (Å²) in [6.45, 7) is 2.01. The van der Waals surface area contributed by atoms with Crippen molar-refractivity contribution in [2.45, 2.75) is 51.5 Å². The van der Waals surface area contributed by atoms with E-state index in [9.17, 15) is 13.6 Å². The second-order valence-corrected chi connectivity index (χ2v) is 4.89. The second-order valence-electron chi connectivity index (χ2n) is 4.89. The van der Waals surface area contributed by atoms with Crippen LogP contribution >= 0.6 is 0 Å². The molecule has 106 valence electrons. The lowest BCUT2D eigenvalue weighted by molar-refractivity contribution is 0.0673. The third kappa shape index (κ3) is 2.59. The third-order valence-electron chi connectivity index (χ3n) is 3.85. The lowest BCUT2D eigenvalue weighted by Crippen LogP contribution is -2.25. The van der Waals surface area contributed by atoms with E-state index in [-0.39, 0.29) is 12.0 Å². The summed E-state index contributed by atoms with van der Waals surface area (Å²) in [5, 5.41) is 16.0. The van der Waals surface area contributed by atoms with Gasteiger partial charge in [-0.1, -0.05) is 31.4 Å². The summed E-state index contributed by atoms with van der Waals surface area (Å²) in [5.74, 6) is -1.19. The molecule has 0 aromatic carbocycles. The quantitative estimate of drug-likeness (QED) is 0.915. The zero-order valence-electron chi connectivity index (χ0n) is 10.7. The lowest BCUT2D eigenvalue weighted by atomic mass is 9.83. The van der Waals surface area contributed by atoms with Crippen LogP contribution in [0.2, 0.25) is 0 Å². The van der Waals surface area contributed by atoms with Crippen molar-refractivity contribution in [2.75, 3.05) is 0 Å². The molecule has 0 radical (unpaired) electrons. The number of hydrogen-bond donors (Lipinski definition) is 1. The number of rotatable bonds is 4. The zero-order valence-corrected chi connectivity index (χ0v) is 10.7. The van der Waals surface area contributed by atoms with Gasteiger partial charge in [0.15, 0.2) is 5.69 Å². The van der Waals surface area contributed by atoms with Crippen molar-refractivity contribution in [1.29, 1.82) is 0 Å². The predicted molar refractivity (Wildman–Crippen MR) is 63.2 cm³/mol. The summed E-state index contributed by atoms with van der Waals surface area (Å²) in [5.41, 5.74) is -1.19. The first kappa shape index (κ1) is 13.9. The van der Waals surface area contributed by atoms with Gasteiger partial charge in [-0.2, -0.15) is 0 Å². The number of carboxylic acid groups (broad SMARTS) is 1. The Morgan fingerprint density at radius 1 is 1.47 bits per heavy atom. The molecule has 2 atom stereocenters. The molecule has 0 spiro atoms. The highest BCUT2D eigenvalue weighted by atomic mass is 19.3. The van der Waals surface area contributed by atoms with Crippen LogP contribution in [0.5, 0.6) is 0 Å². The summed E-state index contributed by atoms with van der Waals surface area (Å²) in [6.07, 6.45) is 1.74. The summed E-state index contributed by atoms with van der Waals surface area (Å²) in [7, 11) is 0. The number of alkyl halides is 2. The number of aromatic carboxylic acids is 1. The molecule has 1 aromatic heterocycles. The van der Waals surface area contributed by atoms with Crippen molar-refractivity contribution < 1.29 is 18.7 Å². The minimum absolute atomic E-state index is 0.164. The molecule has 7 heteroatoms. The van der Waals surface area contributed by atoms with Crippen LogP contribution < -0.4 is 0 Å². The monoisotopic (exact) mass is 273 g/mol. The van der Waals surface area contributed by atoms with Gasteiger partial charge in [-0.25, -0.2) is 18.3 Å². The minimum Gasteiger partial charge on any atom is -0.476 e. The molecular formula is C12H17F2N3O2. The fourth-order valence-electron chi connectivity index (χ4n) is 2.89. The van der Waals surface area contributed by atoms with Crippen LogP contribution in [0.3, 0.4) is 0 Å². The van der Waals surface area contributed by atoms with Crippen LogP contribution in [0.4, 0.5) is 8.78 Å². The molecule has 0 aliphatic heterocycles. The van der Waals surface area contributed by atoms with E-state index in [1.807, 2.05) is 6.92 Å². The van der Waals surface area contributed by atoms with Crippen molar-refractivity contribution in [2.24, 2.45) is 5.92 Å². The smallest absolute Gasteiger partial charge is 0.358 e. The molecule has 1 N–H and O–H groups in total. The van der Waals surface area contributed by atoms with E-state index in [2.05, 4.69) is 10.3 Å². The maximum atomic E-state index is 13.1. The van der Waals surface area contributed by atoms with Crippen molar-refractivity contribution in [3.8, 4) is 0 Å². The number of carbonyl (C=O) groups is 1. The highest BCUT2D eigenvalue weighted by Crippen LogP contribution is 2.38. The van der Waals surface area contributed by atoms with Crippen LogP contribution in [0.15, 0.2) is 0 Å². The Morgan fingerprint density at radius 3 is 2.74 bits per heavy atom. The number of carboxylic acids is 1. The Kier molecular flexibility index (Phi) is 4.11. The van der Waals surface area contributed by atoms with Gasteiger partial charge in [0.2, 0.25) is 0 Å². The summed E-state index contributed by atoms with van der Waals surface area (Å²) in [6, 6.07) is -0.164. The Labute approximate surface area is 109 Å². The third-order valence-corrected chi connectivity index (χ3v) is 3.85. The first-order valence-electron chi connectivity index (χ1n) is 6.52. The molecule has 2 rings (SSSR count). The van der Waals surface area contributed by atoms with E-state index < -0.39 is 23.8 Å². The maximum Gasteiger partial charge on any atom is 0.358 e. The van der Waals surface area contributed by atoms with Gasteiger partial charge in [-0.05, 0) is 18.8 Å². The fourth-order valence-corrected chi connectivity index (χ4v) is 2.89. The Balaban J connectivity index is 2.40. The molecule has 0 saturated heterocycles. The topological polar surface area (TPSA) is 68.0 Å². The molecule has 1 aliphatic rings. The second kappa shape index (κ2) is 5.63. The molecule has 1 saturated carbocycles. The average molecular weight is 273 g/mol. The Hall–Kier alpha value is -1.53. The molecule has 5 nitrogen and oxygen atoms in total. The average Bonchev–Trinajstić information content (AvgIpc) is 2.83. The summed E-state index contributed by atoms with van der Waals surface area (Å²) >= 11 is 0. The van der Waals surface area contributed by atoms with Crippen LogP contribution in [0.25, 0.3) is 0 Å². The van der Waals surface area contributed by atoms with E-state index in [0.29, 0.717) is 0 Å².